The number of carbonyl (C=O) groups excluding carboxylic acids is 1. The number of amides is 2. The van der Waals surface area contributed by atoms with Crippen LogP contribution in [0.15, 0.2) is 0 Å². The first kappa shape index (κ1) is 16.2. The summed E-state index contributed by atoms with van der Waals surface area (Å²) in [5.74, 6) is -2.16. The van der Waals surface area contributed by atoms with Gasteiger partial charge in [-0.15, -0.1) is 0 Å². The van der Waals surface area contributed by atoms with Gasteiger partial charge in [-0.05, 0) is 32.4 Å². The van der Waals surface area contributed by atoms with Crippen molar-refractivity contribution in [1.29, 1.82) is 0 Å². The van der Waals surface area contributed by atoms with Crippen molar-refractivity contribution in [2.75, 3.05) is 39.8 Å². The van der Waals surface area contributed by atoms with Gasteiger partial charge in [-0.25, -0.2) is 4.79 Å². The van der Waals surface area contributed by atoms with Crippen LogP contribution in [0.25, 0.3) is 0 Å². The average molecular weight is 287 g/mol. The zero-order chi connectivity index (χ0) is 15.1. The highest BCUT2D eigenvalue weighted by Crippen LogP contribution is 2.13. The fourth-order valence-electron chi connectivity index (χ4n) is 2.31. The number of nitrogens with one attached hydrogen (secondary N) is 1. The highest BCUT2D eigenvalue weighted by atomic mass is 16.4. The fraction of sp³-hybridized carbons (Fsp3) is 0.750. The van der Waals surface area contributed by atoms with E-state index in [0.29, 0.717) is 12.5 Å². The number of urea groups is 1. The van der Waals surface area contributed by atoms with Gasteiger partial charge in [0.25, 0.3) is 0 Å². The van der Waals surface area contributed by atoms with Crippen LogP contribution in [-0.2, 0) is 9.59 Å². The zero-order valence-electron chi connectivity index (χ0n) is 11.5. The molecule has 2 amide bonds. The second-order valence-corrected chi connectivity index (χ2v) is 5.10. The van der Waals surface area contributed by atoms with E-state index in [9.17, 15) is 14.4 Å². The number of carbonyl (C=O) groups is 3. The second-order valence-electron chi connectivity index (χ2n) is 5.10. The van der Waals surface area contributed by atoms with Gasteiger partial charge >= 0.3 is 18.0 Å². The highest BCUT2D eigenvalue weighted by molar-refractivity contribution is 5.84. The molecule has 1 rings (SSSR count). The van der Waals surface area contributed by atoms with Crippen molar-refractivity contribution in [2.45, 2.75) is 12.8 Å². The van der Waals surface area contributed by atoms with Gasteiger partial charge in [0, 0.05) is 13.1 Å². The summed E-state index contributed by atoms with van der Waals surface area (Å²) in [6.45, 7) is 1.09. The normalized spacial score (nSPS) is 19.4. The summed E-state index contributed by atoms with van der Waals surface area (Å²) in [5.41, 5.74) is 0. The van der Waals surface area contributed by atoms with Crippen LogP contribution in [0.2, 0.25) is 0 Å². The first-order valence-electron chi connectivity index (χ1n) is 6.53. The van der Waals surface area contributed by atoms with E-state index in [1.54, 1.807) is 0 Å². The van der Waals surface area contributed by atoms with Gasteiger partial charge in [0.1, 0.15) is 13.1 Å². The lowest BCUT2D eigenvalue weighted by Crippen LogP contribution is -2.47. The number of aliphatic carboxylic acids is 2. The van der Waals surface area contributed by atoms with E-state index >= 15 is 0 Å². The number of nitrogens with zero attached hydrogens (tertiary/aromatic N) is 2. The minimum Gasteiger partial charge on any atom is -0.480 e. The number of hydrogen-bond acceptors (Lipinski definition) is 4. The summed E-state index contributed by atoms with van der Waals surface area (Å²) in [7, 11) is 2.01. The van der Waals surface area contributed by atoms with Crippen LogP contribution in [0.3, 0.4) is 0 Å². The molecule has 1 heterocycles. The van der Waals surface area contributed by atoms with Crippen LogP contribution in [0.4, 0.5) is 4.79 Å². The van der Waals surface area contributed by atoms with E-state index in [1.807, 2.05) is 7.05 Å². The van der Waals surface area contributed by atoms with Gasteiger partial charge in [-0.3, -0.25) is 9.59 Å². The van der Waals surface area contributed by atoms with Crippen molar-refractivity contribution in [1.82, 2.24) is 15.1 Å². The van der Waals surface area contributed by atoms with Crippen molar-refractivity contribution in [3.63, 3.8) is 0 Å². The number of rotatable bonds is 6. The van der Waals surface area contributed by atoms with Crippen LogP contribution in [0, 0.1) is 5.92 Å². The summed E-state index contributed by atoms with van der Waals surface area (Å²) in [6, 6.07) is -0.650. The van der Waals surface area contributed by atoms with Gasteiger partial charge in [-0.2, -0.15) is 0 Å². The van der Waals surface area contributed by atoms with Crippen molar-refractivity contribution in [3.05, 3.63) is 0 Å². The van der Waals surface area contributed by atoms with Gasteiger partial charge in [0.15, 0.2) is 0 Å². The summed E-state index contributed by atoms with van der Waals surface area (Å²) in [5, 5.41) is 20.0. The molecule has 1 aliphatic heterocycles. The molecule has 3 N–H and O–H groups in total. The molecular formula is C12H21N3O5. The van der Waals surface area contributed by atoms with Crippen LogP contribution in [0.1, 0.15) is 12.8 Å². The molecule has 1 unspecified atom stereocenters. The average Bonchev–Trinajstić information content (AvgIpc) is 2.34. The largest absolute Gasteiger partial charge is 0.480 e. The van der Waals surface area contributed by atoms with Crippen molar-refractivity contribution < 1.29 is 24.6 Å². The molecule has 0 aliphatic carbocycles. The number of carboxylic acids is 2. The molecule has 0 saturated carbocycles. The maximum absolute atomic E-state index is 11.8. The molecule has 20 heavy (non-hydrogen) atoms. The van der Waals surface area contributed by atoms with Gasteiger partial charge in [-0.1, -0.05) is 0 Å². The lowest BCUT2D eigenvalue weighted by Gasteiger charge is -2.30. The molecule has 0 aromatic heterocycles. The molecular weight excluding hydrogens is 266 g/mol. The Morgan fingerprint density at radius 3 is 2.35 bits per heavy atom. The minimum atomic E-state index is -1.24. The maximum atomic E-state index is 11.8. The lowest BCUT2D eigenvalue weighted by molar-refractivity contribution is -0.140. The van der Waals surface area contributed by atoms with Crippen molar-refractivity contribution in [2.24, 2.45) is 5.92 Å². The molecule has 0 spiro atoms. The third-order valence-electron chi connectivity index (χ3n) is 3.20. The lowest BCUT2D eigenvalue weighted by atomic mass is 9.99. The van der Waals surface area contributed by atoms with E-state index in [0.717, 1.165) is 30.8 Å². The first-order chi connectivity index (χ1) is 9.38. The zero-order valence-corrected chi connectivity index (χ0v) is 11.5. The Hall–Kier alpha value is -1.83. The van der Waals surface area contributed by atoms with Crippen LogP contribution >= 0.6 is 0 Å². The Morgan fingerprint density at radius 1 is 1.25 bits per heavy atom. The van der Waals surface area contributed by atoms with Crippen molar-refractivity contribution in [3.8, 4) is 0 Å². The maximum Gasteiger partial charge on any atom is 0.323 e. The van der Waals surface area contributed by atoms with E-state index in [1.165, 1.54) is 0 Å². The van der Waals surface area contributed by atoms with E-state index in [-0.39, 0.29) is 0 Å². The van der Waals surface area contributed by atoms with Crippen LogP contribution < -0.4 is 5.32 Å². The first-order valence-corrected chi connectivity index (χ1v) is 6.53. The molecule has 0 bridgehead atoms. The molecule has 1 aliphatic rings. The molecule has 8 nitrogen and oxygen atoms in total. The topological polar surface area (TPSA) is 110 Å². The van der Waals surface area contributed by atoms with Crippen LogP contribution in [0.5, 0.6) is 0 Å². The quantitative estimate of drug-likeness (QED) is 0.608. The number of piperidine rings is 1. The smallest absolute Gasteiger partial charge is 0.323 e. The number of carboxylic acid groups (broad SMARTS) is 2. The Balaban J connectivity index is 2.44. The molecule has 0 aromatic carbocycles. The fourth-order valence-corrected chi connectivity index (χ4v) is 2.31. The monoisotopic (exact) mass is 287 g/mol. The van der Waals surface area contributed by atoms with Crippen LogP contribution in [-0.4, -0.2) is 77.8 Å². The highest BCUT2D eigenvalue weighted by Gasteiger charge is 2.22. The summed E-state index contributed by atoms with van der Waals surface area (Å²) < 4.78 is 0. The predicted octanol–water partition coefficient (Wildman–Crippen LogP) is -0.491. The molecule has 8 heteroatoms. The molecule has 1 fully saturated rings. The van der Waals surface area contributed by atoms with Crippen molar-refractivity contribution >= 4 is 18.0 Å². The standard InChI is InChI=1S/C12H21N3O5/c1-14-4-2-3-9(6-14)5-13-12(20)15(7-10(16)17)8-11(18)19/h9H,2-8H2,1H3,(H,13,20)(H,16,17)(H,18,19). The summed E-state index contributed by atoms with van der Waals surface area (Å²) >= 11 is 0. The second kappa shape index (κ2) is 7.68. The van der Waals surface area contributed by atoms with E-state index in [2.05, 4.69) is 10.2 Å². The molecule has 0 aromatic rings. The molecule has 114 valence electrons. The Labute approximate surface area is 117 Å². The molecule has 1 saturated heterocycles. The van der Waals surface area contributed by atoms with E-state index in [4.69, 9.17) is 10.2 Å². The molecule has 0 radical (unpaired) electrons. The Kier molecular flexibility index (Phi) is 6.23. The third kappa shape index (κ3) is 5.87. The van der Waals surface area contributed by atoms with Gasteiger partial charge in [0.2, 0.25) is 0 Å². The Bertz CT molecular complexity index is 358. The molecule has 1 atom stereocenters. The SMILES string of the molecule is CN1CCCC(CNC(=O)N(CC(=O)O)CC(=O)O)C1. The third-order valence-corrected chi connectivity index (χ3v) is 3.20. The minimum absolute atomic E-state index is 0.314. The Morgan fingerprint density at radius 2 is 1.85 bits per heavy atom. The van der Waals surface area contributed by atoms with Gasteiger partial charge in [0.05, 0.1) is 0 Å². The predicted molar refractivity (Wildman–Crippen MR) is 70.5 cm³/mol. The number of likely N-dealkylation sites (tertiary alicyclic amines) is 1. The summed E-state index contributed by atoms with van der Waals surface area (Å²) in [4.78, 5) is 36.0. The van der Waals surface area contributed by atoms with Gasteiger partial charge < -0.3 is 25.3 Å². The number of hydrogen-bond donors (Lipinski definition) is 3. The summed E-state index contributed by atoms with van der Waals surface area (Å²) in [6.07, 6.45) is 2.06. The van der Waals surface area contributed by atoms with E-state index < -0.39 is 31.1 Å².